The van der Waals surface area contributed by atoms with Gasteiger partial charge in [0.05, 0.1) is 25.4 Å². The molecular formula is C12H19F2N3O. The van der Waals surface area contributed by atoms with Crippen LogP contribution in [0.3, 0.4) is 0 Å². The van der Waals surface area contributed by atoms with Crippen LogP contribution in [0.2, 0.25) is 0 Å². The smallest absolute Gasteiger partial charge is 0.253 e. The number of alkyl halides is 2. The number of aliphatic hydroxyl groups excluding tert-OH is 1. The number of aliphatic hydroxyl groups is 1. The lowest BCUT2D eigenvalue weighted by Crippen LogP contribution is -2.37. The Balaban J connectivity index is 2.13. The fourth-order valence-corrected chi connectivity index (χ4v) is 2.47. The highest BCUT2D eigenvalue weighted by molar-refractivity contribution is 5.25. The Morgan fingerprint density at radius 3 is 3.06 bits per heavy atom. The molecule has 18 heavy (non-hydrogen) atoms. The van der Waals surface area contributed by atoms with Crippen molar-refractivity contribution >= 4 is 0 Å². The monoisotopic (exact) mass is 259 g/mol. The van der Waals surface area contributed by atoms with Gasteiger partial charge in [-0.05, 0) is 26.2 Å². The Labute approximate surface area is 105 Å². The predicted octanol–water partition coefficient (Wildman–Crippen LogP) is 1.50. The molecule has 2 atom stereocenters. The summed E-state index contributed by atoms with van der Waals surface area (Å²) in [5.41, 5.74) is 2.07. The van der Waals surface area contributed by atoms with Crippen molar-refractivity contribution in [3.63, 3.8) is 0 Å². The largest absolute Gasteiger partial charge is 0.394 e. The van der Waals surface area contributed by atoms with Crippen molar-refractivity contribution < 1.29 is 13.9 Å². The summed E-state index contributed by atoms with van der Waals surface area (Å²) in [6, 6.07) is -0.868. The van der Waals surface area contributed by atoms with E-state index in [-0.39, 0.29) is 12.6 Å². The van der Waals surface area contributed by atoms with Crippen LogP contribution in [0.25, 0.3) is 0 Å². The Bertz CT molecular complexity index is 395. The molecule has 6 heteroatoms. The van der Waals surface area contributed by atoms with E-state index in [4.69, 9.17) is 5.11 Å². The molecule has 1 aromatic rings. The van der Waals surface area contributed by atoms with E-state index >= 15 is 0 Å². The first kappa shape index (κ1) is 13.4. The van der Waals surface area contributed by atoms with E-state index in [1.807, 2.05) is 0 Å². The first-order chi connectivity index (χ1) is 8.63. The average molecular weight is 259 g/mol. The second kappa shape index (κ2) is 5.75. The molecule has 0 aliphatic heterocycles. The van der Waals surface area contributed by atoms with Gasteiger partial charge < -0.3 is 10.4 Å². The summed E-state index contributed by atoms with van der Waals surface area (Å²) in [7, 11) is 0. The van der Waals surface area contributed by atoms with Crippen molar-refractivity contribution in [3.8, 4) is 0 Å². The maximum Gasteiger partial charge on any atom is 0.253 e. The number of nitrogens with zero attached hydrogens (tertiary/aromatic N) is 2. The zero-order valence-electron chi connectivity index (χ0n) is 10.4. The second-order valence-electron chi connectivity index (χ2n) is 4.73. The number of fused-ring (bicyclic) bond motifs is 1. The van der Waals surface area contributed by atoms with Crippen LogP contribution in [0.15, 0.2) is 6.20 Å². The Kier molecular flexibility index (Phi) is 4.29. The SMILES string of the molecule is CC(NC1CCCc2c1cnn2CCO)C(F)F. The quantitative estimate of drug-likeness (QED) is 0.842. The molecule has 0 aromatic carbocycles. The van der Waals surface area contributed by atoms with E-state index in [1.165, 1.54) is 6.92 Å². The van der Waals surface area contributed by atoms with Gasteiger partial charge in [-0.3, -0.25) is 4.68 Å². The third-order valence-corrected chi connectivity index (χ3v) is 3.42. The fourth-order valence-electron chi connectivity index (χ4n) is 2.47. The van der Waals surface area contributed by atoms with Gasteiger partial charge in [0, 0.05) is 17.3 Å². The van der Waals surface area contributed by atoms with Gasteiger partial charge >= 0.3 is 0 Å². The normalized spacial score (nSPS) is 21.1. The molecule has 0 saturated heterocycles. The van der Waals surface area contributed by atoms with E-state index in [2.05, 4.69) is 10.4 Å². The summed E-state index contributed by atoms with van der Waals surface area (Å²) >= 11 is 0. The molecule has 0 fully saturated rings. The molecule has 1 aromatic heterocycles. The maximum absolute atomic E-state index is 12.6. The summed E-state index contributed by atoms with van der Waals surface area (Å²) in [6.07, 6.45) is 2.09. The molecule has 2 N–H and O–H groups in total. The number of rotatable bonds is 5. The third kappa shape index (κ3) is 2.70. The summed E-state index contributed by atoms with van der Waals surface area (Å²) in [5.74, 6) is 0. The maximum atomic E-state index is 12.6. The molecule has 0 amide bonds. The zero-order valence-corrected chi connectivity index (χ0v) is 10.4. The van der Waals surface area contributed by atoms with Crippen molar-refractivity contribution in [1.82, 2.24) is 15.1 Å². The van der Waals surface area contributed by atoms with E-state index in [1.54, 1.807) is 10.9 Å². The van der Waals surface area contributed by atoms with Crippen molar-refractivity contribution in [2.45, 2.75) is 51.2 Å². The van der Waals surface area contributed by atoms with Crippen molar-refractivity contribution in [2.24, 2.45) is 0 Å². The molecule has 4 nitrogen and oxygen atoms in total. The van der Waals surface area contributed by atoms with Gasteiger partial charge in [-0.25, -0.2) is 8.78 Å². The highest BCUT2D eigenvalue weighted by Crippen LogP contribution is 2.30. The second-order valence-corrected chi connectivity index (χ2v) is 4.73. The Morgan fingerprint density at radius 1 is 1.61 bits per heavy atom. The minimum atomic E-state index is -2.36. The van der Waals surface area contributed by atoms with Crippen LogP contribution < -0.4 is 5.32 Å². The van der Waals surface area contributed by atoms with Crippen LogP contribution in [-0.4, -0.2) is 34.0 Å². The van der Waals surface area contributed by atoms with Gasteiger partial charge in [-0.1, -0.05) is 0 Å². The molecule has 1 heterocycles. The topological polar surface area (TPSA) is 50.1 Å². The molecule has 2 rings (SSSR count). The lowest BCUT2D eigenvalue weighted by atomic mass is 9.92. The summed E-state index contributed by atoms with van der Waals surface area (Å²) in [6.45, 7) is 2.00. The van der Waals surface area contributed by atoms with Crippen molar-refractivity contribution in [2.75, 3.05) is 6.61 Å². The number of hydrogen-bond donors (Lipinski definition) is 2. The van der Waals surface area contributed by atoms with Crippen LogP contribution in [0.1, 0.15) is 37.1 Å². The van der Waals surface area contributed by atoms with Crippen molar-refractivity contribution in [1.29, 1.82) is 0 Å². The van der Waals surface area contributed by atoms with Crippen LogP contribution in [-0.2, 0) is 13.0 Å². The van der Waals surface area contributed by atoms with Crippen LogP contribution in [0, 0.1) is 0 Å². The van der Waals surface area contributed by atoms with Gasteiger partial charge in [-0.2, -0.15) is 5.10 Å². The number of halogens is 2. The minimum absolute atomic E-state index is 0.0413. The first-order valence-electron chi connectivity index (χ1n) is 6.33. The van der Waals surface area contributed by atoms with Crippen LogP contribution in [0.4, 0.5) is 8.78 Å². The molecule has 1 aliphatic carbocycles. The first-order valence-corrected chi connectivity index (χ1v) is 6.33. The Morgan fingerprint density at radius 2 is 2.39 bits per heavy atom. The highest BCUT2D eigenvalue weighted by Gasteiger charge is 2.27. The molecule has 0 radical (unpaired) electrons. The predicted molar refractivity (Wildman–Crippen MR) is 63.6 cm³/mol. The summed E-state index contributed by atoms with van der Waals surface area (Å²) in [5, 5.41) is 16.1. The standard InChI is InChI=1S/C12H19F2N3O/c1-8(12(13)14)16-10-3-2-4-11-9(10)7-15-17(11)5-6-18/h7-8,10,12,16,18H,2-6H2,1H3. The lowest BCUT2D eigenvalue weighted by Gasteiger charge is -2.27. The fraction of sp³-hybridized carbons (Fsp3) is 0.750. The highest BCUT2D eigenvalue weighted by atomic mass is 19.3. The zero-order chi connectivity index (χ0) is 13.1. The van der Waals surface area contributed by atoms with Crippen LogP contribution >= 0.6 is 0 Å². The van der Waals surface area contributed by atoms with E-state index in [0.717, 1.165) is 30.5 Å². The minimum Gasteiger partial charge on any atom is -0.394 e. The molecular weight excluding hydrogens is 240 g/mol. The van der Waals surface area contributed by atoms with Gasteiger partial charge in [0.1, 0.15) is 0 Å². The average Bonchev–Trinajstić information content (AvgIpc) is 2.74. The molecule has 0 bridgehead atoms. The summed E-state index contributed by atoms with van der Waals surface area (Å²) in [4.78, 5) is 0. The number of nitrogens with one attached hydrogen (secondary N) is 1. The van der Waals surface area contributed by atoms with Crippen LogP contribution in [0.5, 0.6) is 0 Å². The van der Waals surface area contributed by atoms with E-state index in [0.29, 0.717) is 6.54 Å². The number of aromatic nitrogens is 2. The van der Waals surface area contributed by atoms with E-state index < -0.39 is 12.5 Å². The van der Waals surface area contributed by atoms with Gasteiger partial charge in [0.2, 0.25) is 0 Å². The van der Waals surface area contributed by atoms with Gasteiger partial charge in [-0.15, -0.1) is 0 Å². The lowest BCUT2D eigenvalue weighted by molar-refractivity contribution is 0.0983. The van der Waals surface area contributed by atoms with E-state index in [9.17, 15) is 8.78 Å². The Hall–Kier alpha value is -1.01. The van der Waals surface area contributed by atoms with Gasteiger partial charge in [0.25, 0.3) is 6.43 Å². The third-order valence-electron chi connectivity index (χ3n) is 3.42. The number of hydrogen-bond acceptors (Lipinski definition) is 3. The molecule has 102 valence electrons. The molecule has 1 aliphatic rings. The van der Waals surface area contributed by atoms with Gasteiger partial charge in [0.15, 0.2) is 0 Å². The molecule has 2 unspecified atom stereocenters. The summed E-state index contributed by atoms with van der Waals surface area (Å²) < 4.78 is 26.9. The molecule has 0 saturated carbocycles. The molecule has 0 spiro atoms. The van der Waals surface area contributed by atoms with Crippen molar-refractivity contribution in [3.05, 3.63) is 17.5 Å².